The van der Waals surface area contributed by atoms with E-state index in [0.717, 1.165) is 62.2 Å². The van der Waals surface area contributed by atoms with Gasteiger partial charge in [-0.1, -0.05) is 81.4 Å². The van der Waals surface area contributed by atoms with E-state index in [1.54, 1.807) is 0 Å². The second-order valence-corrected chi connectivity index (χ2v) is 14.3. The van der Waals surface area contributed by atoms with Gasteiger partial charge in [-0.05, 0) is 88.7 Å². The number of ether oxygens (including phenoxy) is 1. The molecule has 7 heteroatoms. The molecule has 2 aliphatic heterocycles. The Hall–Kier alpha value is -6.34. The molecular formula is C44H34BN5O. The van der Waals surface area contributed by atoms with Crippen LogP contribution < -0.4 is 19.8 Å². The molecule has 0 saturated heterocycles. The standard InChI is InChI=1S/C44H34BN5O/c1-44(2,3)29-23-25-46-42(26-29)48-38-18-10-8-15-34(38)35-21-19-31(27-40(35)48)51-32-20-22-39-41(28-32)50-43-36(16-11-24-47-43)33-14-7-9-17-37(33)45(50)49(39)30-12-5-4-6-13-30/h4-28H,1-3H3. The van der Waals surface area contributed by atoms with Crippen LogP contribution in [0.2, 0.25) is 0 Å². The van der Waals surface area contributed by atoms with Gasteiger partial charge < -0.3 is 14.4 Å². The summed E-state index contributed by atoms with van der Waals surface area (Å²) in [5, 5.41) is 2.34. The first-order valence-electron chi connectivity index (χ1n) is 17.4. The SMILES string of the molecule is CC(C)(C)c1ccnc(-n2c3ccccc3c3ccc(Oc4ccc5c(c4)N4B(c6ccccc6-c6cccnc64)N5c4ccccc4)cc32)c1. The summed E-state index contributed by atoms with van der Waals surface area (Å²) in [6, 6.07) is 49.1. The first-order valence-corrected chi connectivity index (χ1v) is 17.4. The predicted octanol–water partition coefficient (Wildman–Crippen LogP) is 10.3. The fraction of sp³-hybridized carbons (Fsp3) is 0.0909. The Morgan fingerprint density at radius 1 is 0.569 bits per heavy atom. The summed E-state index contributed by atoms with van der Waals surface area (Å²) < 4.78 is 9.01. The zero-order valence-corrected chi connectivity index (χ0v) is 28.7. The molecule has 0 aliphatic carbocycles. The van der Waals surface area contributed by atoms with Crippen LogP contribution in [-0.2, 0) is 5.41 Å². The number of hydrogen-bond acceptors (Lipinski definition) is 5. The number of hydrogen-bond donors (Lipinski definition) is 0. The third kappa shape index (κ3) is 4.58. The lowest BCUT2D eigenvalue weighted by molar-refractivity contribution is 0.483. The lowest BCUT2D eigenvalue weighted by atomic mass is 9.60. The lowest BCUT2D eigenvalue weighted by Crippen LogP contribution is -2.55. The van der Waals surface area contributed by atoms with Crippen molar-refractivity contribution in [3.63, 3.8) is 0 Å². The molecule has 2 aliphatic rings. The molecule has 51 heavy (non-hydrogen) atoms. The van der Waals surface area contributed by atoms with Gasteiger partial charge in [-0.2, -0.15) is 0 Å². The highest BCUT2D eigenvalue weighted by Gasteiger charge is 2.48. The molecule has 0 atom stereocenters. The summed E-state index contributed by atoms with van der Waals surface area (Å²) in [7, 11) is 0. The number of benzene rings is 5. The van der Waals surface area contributed by atoms with E-state index in [9.17, 15) is 0 Å². The maximum atomic E-state index is 6.76. The summed E-state index contributed by atoms with van der Waals surface area (Å²) in [4.78, 5) is 14.6. The molecule has 0 unspecified atom stereocenters. The van der Waals surface area contributed by atoms with Gasteiger partial charge in [-0.15, -0.1) is 0 Å². The first-order chi connectivity index (χ1) is 24.9. The van der Waals surface area contributed by atoms with E-state index >= 15 is 0 Å². The van der Waals surface area contributed by atoms with Gasteiger partial charge in [0.1, 0.15) is 23.1 Å². The molecule has 0 saturated carbocycles. The van der Waals surface area contributed by atoms with E-state index in [1.165, 1.54) is 22.0 Å². The van der Waals surface area contributed by atoms with Gasteiger partial charge in [0, 0.05) is 46.5 Å². The quantitative estimate of drug-likeness (QED) is 0.176. The Bertz CT molecular complexity index is 2640. The van der Waals surface area contributed by atoms with Crippen LogP contribution in [0, 0.1) is 0 Å². The third-order valence-corrected chi connectivity index (χ3v) is 10.3. The minimum absolute atomic E-state index is 0.000141. The van der Waals surface area contributed by atoms with Crippen LogP contribution in [0.15, 0.2) is 152 Å². The minimum Gasteiger partial charge on any atom is -0.457 e. The Labute approximate surface area is 297 Å². The molecule has 0 radical (unpaired) electrons. The van der Waals surface area contributed by atoms with Crippen LogP contribution in [0.5, 0.6) is 11.5 Å². The van der Waals surface area contributed by atoms with Crippen LogP contribution >= 0.6 is 0 Å². The van der Waals surface area contributed by atoms with Crippen LogP contribution in [0.25, 0.3) is 38.8 Å². The number of fused-ring (bicyclic) bond motifs is 11. The molecule has 0 fully saturated rings. The van der Waals surface area contributed by atoms with E-state index in [4.69, 9.17) is 14.7 Å². The van der Waals surface area contributed by atoms with Crippen molar-refractivity contribution in [3.8, 4) is 28.4 Å². The number of para-hydroxylation sites is 2. The maximum absolute atomic E-state index is 6.76. The molecule has 5 heterocycles. The molecule has 244 valence electrons. The Kier molecular flexibility index (Phi) is 6.43. The molecule has 5 aromatic carbocycles. The Morgan fingerprint density at radius 2 is 1.31 bits per heavy atom. The summed E-state index contributed by atoms with van der Waals surface area (Å²) in [5.74, 6) is 3.35. The number of aromatic nitrogens is 3. The summed E-state index contributed by atoms with van der Waals surface area (Å²) in [6.45, 7) is 6.61. The van der Waals surface area contributed by atoms with Gasteiger partial charge in [0.05, 0.1) is 22.4 Å². The third-order valence-electron chi connectivity index (χ3n) is 10.3. The number of pyridine rings is 2. The average molecular weight is 660 g/mol. The van der Waals surface area contributed by atoms with Crippen LogP contribution in [0.4, 0.5) is 22.9 Å². The fourth-order valence-electron chi connectivity index (χ4n) is 7.89. The normalized spacial score (nSPS) is 13.3. The van der Waals surface area contributed by atoms with Gasteiger partial charge in [-0.3, -0.25) is 4.57 Å². The monoisotopic (exact) mass is 659 g/mol. The van der Waals surface area contributed by atoms with Gasteiger partial charge in [0.2, 0.25) is 0 Å². The predicted molar refractivity (Wildman–Crippen MR) is 210 cm³/mol. The maximum Gasteiger partial charge on any atom is 0.422 e. The topological polar surface area (TPSA) is 46.4 Å². The van der Waals surface area contributed by atoms with Crippen molar-refractivity contribution >= 4 is 57.1 Å². The highest BCUT2D eigenvalue weighted by molar-refractivity contribution is 6.86. The van der Waals surface area contributed by atoms with Crippen LogP contribution in [0.1, 0.15) is 26.3 Å². The van der Waals surface area contributed by atoms with Gasteiger partial charge >= 0.3 is 6.98 Å². The molecule has 0 spiro atoms. The molecule has 6 nitrogen and oxygen atoms in total. The van der Waals surface area contributed by atoms with Crippen molar-refractivity contribution in [2.24, 2.45) is 0 Å². The van der Waals surface area contributed by atoms with Crippen molar-refractivity contribution in [1.82, 2.24) is 14.5 Å². The smallest absolute Gasteiger partial charge is 0.422 e. The molecule has 0 N–H and O–H groups in total. The van der Waals surface area contributed by atoms with Gasteiger partial charge in [0.25, 0.3) is 0 Å². The second-order valence-electron chi connectivity index (χ2n) is 14.3. The van der Waals surface area contributed by atoms with E-state index < -0.39 is 0 Å². The van der Waals surface area contributed by atoms with E-state index in [-0.39, 0.29) is 12.4 Å². The van der Waals surface area contributed by atoms with Crippen molar-refractivity contribution in [1.29, 1.82) is 0 Å². The summed E-state index contributed by atoms with van der Waals surface area (Å²) >= 11 is 0. The van der Waals surface area contributed by atoms with Crippen LogP contribution in [0.3, 0.4) is 0 Å². The van der Waals surface area contributed by atoms with Gasteiger partial charge in [-0.25, -0.2) is 9.97 Å². The minimum atomic E-state index is -0.0975. The Balaban J connectivity index is 1.11. The molecule has 8 aromatic rings. The zero-order valence-electron chi connectivity index (χ0n) is 28.7. The Morgan fingerprint density at radius 3 is 2.20 bits per heavy atom. The fourth-order valence-corrected chi connectivity index (χ4v) is 7.89. The van der Waals surface area contributed by atoms with Crippen molar-refractivity contribution in [2.75, 3.05) is 9.62 Å². The molecular weight excluding hydrogens is 625 g/mol. The van der Waals surface area contributed by atoms with Crippen molar-refractivity contribution < 1.29 is 4.74 Å². The largest absolute Gasteiger partial charge is 0.457 e. The van der Waals surface area contributed by atoms with Crippen molar-refractivity contribution in [2.45, 2.75) is 26.2 Å². The highest BCUT2D eigenvalue weighted by Crippen LogP contribution is 2.51. The first kappa shape index (κ1) is 29.6. The second kappa shape index (κ2) is 11.1. The highest BCUT2D eigenvalue weighted by atomic mass is 16.5. The van der Waals surface area contributed by atoms with Crippen molar-refractivity contribution in [3.05, 3.63) is 157 Å². The number of anilines is 4. The summed E-state index contributed by atoms with van der Waals surface area (Å²) in [5.41, 5.74) is 10.3. The van der Waals surface area contributed by atoms with Gasteiger partial charge in [0.15, 0.2) is 0 Å². The number of rotatable bonds is 4. The average Bonchev–Trinajstić information content (AvgIpc) is 3.68. The summed E-state index contributed by atoms with van der Waals surface area (Å²) in [6.07, 6.45) is 3.80. The van der Waals surface area contributed by atoms with Crippen LogP contribution in [-0.4, -0.2) is 21.5 Å². The molecule has 0 amide bonds. The number of nitrogens with zero attached hydrogens (tertiary/aromatic N) is 5. The zero-order chi connectivity index (χ0) is 34.3. The molecule has 3 aromatic heterocycles. The lowest BCUT2D eigenvalue weighted by Gasteiger charge is -2.35. The van der Waals surface area contributed by atoms with E-state index in [0.29, 0.717) is 0 Å². The van der Waals surface area contributed by atoms with E-state index in [1.807, 2.05) is 18.5 Å². The molecule has 0 bridgehead atoms. The van der Waals surface area contributed by atoms with E-state index in [2.05, 4.69) is 168 Å². The molecule has 10 rings (SSSR count).